The number of rotatable bonds is 4. The first-order chi connectivity index (χ1) is 13.0. The van der Waals surface area contributed by atoms with Crippen LogP contribution in [0.5, 0.6) is 0 Å². The van der Waals surface area contributed by atoms with Gasteiger partial charge in [-0.3, -0.25) is 19.5 Å². The second-order valence-corrected chi connectivity index (χ2v) is 6.85. The Labute approximate surface area is 159 Å². The molecule has 7 nitrogen and oxygen atoms in total. The number of benzene rings is 1. The molecule has 27 heavy (non-hydrogen) atoms. The molecule has 3 rings (SSSR count). The van der Waals surface area contributed by atoms with Crippen LogP contribution in [0.4, 0.5) is 5.69 Å². The third-order valence-electron chi connectivity index (χ3n) is 5.04. The maximum absolute atomic E-state index is 12.7. The second kappa shape index (κ2) is 8.26. The Bertz CT molecular complexity index is 796. The highest BCUT2D eigenvalue weighted by Gasteiger charge is 2.28. The molecule has 1 N–H and O–H groups in total. The number of para-hydroxylation sites is 1. The fraction of sp³-hybridized carbons (Fsp3) is 0.400. The Morgan fingerprint density at radius 3 is 2.33 bits per heavy atom. The van der Waals surface area contributed by atoms with Gasteiger partial charge < -0.3 is 10.2 Å². The summed E-state index contributed by atoms with van der Waals surface area (Å²) < 4.78 is 0. The number of amides is 2. The minimum atomic E-state index is -0.266. The molecule has 0 aliphatic carbocycles. The van der Waals surface area contributed by atoms with Gasteiger partial charge in [-0.15, -0.1) is 0 Å². The van der Waals surface area contributed by atoms with Gasteiger partial charge >= 0.3 is 0 Å². The van der Waals surface area contributed by atoms with Gasteiger partial charge in [-0.1, -0.05) is 18.2 Å². The predicted octanol–water partition coefficient (Wildman–Crippen LogP) is 1.88. The van der Waals surface area contributed by atoms with Gasteiger partial charge in [-0.2, -0.15) is 0 Å². The summed E-state index contributed by atoms with van der Waals surface area (Å²) in [7, 11) is 0. The molecule has 2 amide bonds. The standard InChI is InChI=1S/C20H25N5O2/c1-14-5-4-6-15(2)18(14)23-19(26)16(3)24-9-11-25(12-10-24)20(27)17-13-21-7-8-22-17/h4-8,13,16H,9-12H2,1-3H3,(H,23,26). The van der Waals surface area contributed by atoms with E-state index in [1.807, 2.05) is 39.0 Å². The molecule has 1 aromatic carbocycles. The molecule has 0 bridgehead atoms. The van der Waals surface area contributed by atoms with Crippen LogP contribution in [0, 0.1) is 13.8 Å². The molecule has 1 aromatic heterocycles. The number of carbonyl (C=O) groups excluding carboxylic acids is 2. The van der Waals surface area contributed by atoms with E-state index in [1.54, 1.807) is 11.1 Å². The molecule has 142 valence electrons. The number of nitrogens with zero attached hydrogens (tertiary/aromatic N) is 4. The van der Waals surface area contributed by atoms with Crippen LogP contribution in [0.3, 0.4) is 0 Å². The summed E-state index contributed by atoms with van der Waals surface area (Å²) in [6.45, 7) is 8.31. The molecule has 2 heterocycles. The normalized spacial score (nSPS) is 16.0. The van der Waals surface area contributed by atoms with E-state index in [4.69, 9.17) is 0 Å². The maximum atomic E-state index is 12.7. The lowest BCUT2D eigenvalue weighted by atomic mass is 10.1. The van der Waals surface area contributed by atoms with Gasteiger partial charge in [0.15, 0.2) is 0 Å². The zero-order valence-electron chi connectivity index (χ0n) is 16.0. The SMILES string of the molecule is Cc1cccc(C)c1NC(=O)C(C)N1CCN(C(=O)c2cnccn2)CC1. The zero-order valence-corrected chi connectivity index (χ0v) is 16.0. The number of carbonyl (C=O) groups is 2. The van der Waals surface area contributed by atoms with Crippen molar-refractivity contribution in [3.8, 4) is 0 Å². The molecule has 2 aromatic rings. The average Bonchev–Trinajstić information content (AvgIpc) is 2.70. The van der Waals surface area contributed by atoms with Crippen molar-refractivity contribution >= 4 is 17.5 Å². The van der Waals surface area contributed by atoms with Crippen molar-refractivity contribution in [2.45, 2.75) is 26.8 Å². The molecular formula is C20H25N5O2. The highest BCUT2D eigenvalue weighted by atomic mass is 16.2. The highest BCUT2D eigenvalue weighted by Crippen LogP contribution is 2.20. The smallest absolute Gasteiger partial charge is 0.274 e. The van der Waals surface area contributed by atoms with E-state index in [9.17, 15) is 9.59 Å². The molecule has 0 spiro atoms. The molecule has 1 fully saturated rings. The summed E-state index contributed by atoms with van der Waals surface area (Å²) in [4.78, 5) is 37.0. The van der Waals surface area contributed by atoms with Gasteiger partial charge in [0.25, 0.3) is 5.91 Å². The van der Waals surface area contributed by atoms with Crippen LogP contribution < -0.4 is 5.32 Å². The summed E-state index contributed by atoms with van der Waals surface area (Å²) in [5.41, 5.74) is 3.34. The van der Waals surface area contributed by atoms with E-state index in [1.165, 1.54) is 12.4 Å². The summed E-state index contributed by atoms with van der Waals surface area (Å²) in [6.07, 6.45) is 4.55. The van der Waals surface area contributed by atoms with Crippen LogP contribution in [0.1, 0.15) is 28.5 Å². The number of hydrogen-bond acceptors (Lipinski definition) is 5. The average molecular weight is 367 g/mol. The maximum Gasteiger partial charge on any atom is 0.274 e. The summed E-state index contributed by atoms with van der Waals surface area (Å²) >= 11 is 0. The van der Waals surface area contributed by atoms with Crippen molar-refractivity contribution in [3.05, 3.63) is 53.6 Å². The summed E-state index contributed by atoms with van der Waals surface area (Å²) in [5.74, 6) is -0.142. The molecule has 1 unspecified atom stereocenters. The minimum Gasteiger partial charge on any atom is -0.335 e. The van der Waals surface area contributed by atoms with Crippen molar-refractivity contribution in [1.82, 2.24) is 19.8 Å². The molecule has 7 heteroatoms. The largest absolute Gasteiger partial charge is 0.335 e. The second-order valence-electron chi connectivity index (χ2n) is 6.85. The van der Waals surface area contributed by atoms with E-state index in [-0.39, 0.29) is 17.9 Å². The Hall–Kier alpha value is -2.80. The molecule has 0 radical (unpaired) electrons. The van der Waals surface area contributed by atoms with Gasteiger partial charge in [0.05, 0.1) is 12.2 Å². The molecule has 1 aliphatic rings. The van der Waals surface area contributed by atoms with Crippen LogP contribution in [-0.2, 0) is 4.79 Å². The fourth-order valence-electron chi connectivity index (χ4n) is 3.29. The summed E-state index contributed by atoms with van der Waals surface area (Å²) in [5, 5.41) is 3.06. The van der Waals surface area contributed by atoms with Gasteiger partial charge in [-0.25, -0.2) is 4.98 Å². The fourth-order valence-corrected chi connectivity index (χ4v) is 3.29. The van der Waals surface area contributed by atoms with Crippen molar-refractivity contribution < 1.29 is 9.59 Å². The van der Waals surface area contributed by atoms with E-state index in [0.29, 0.717) is 31.9 Å². The number of aromatic nitrogens is 2. The Morgan fingerprint density at radius 2 is 1.74 bits per heavy atom. The van der Waals surface area contributed by atoms with Gasteiger partial charge in [0.2, 0.25) is 5.91 Å². The first-order valence-corrected chi connectivity index (χ1v) is 9.14. The molecule has 1 atom stereocenters. The first-order valence-electron chi connectivity index (χ1n) is 9.14. The molecule has 0 saturated carbocycles. The predicted molar refractivity (Wildman–Crippen MR) is 104 cm³/mol. The minimum absolute atomic E-state index is 0.0268. The van der Waals surface area contributed by atoms with E-state index in [2.05, 4.69) is 20.2 Å². The van der Waals surface area contributed by atoms with Gasteiger partial charge in [-0.05, 0) is 31.9 Å². The van der Waals surface area contributed by atoms with Crippen molar-refractivity contribution in [2.75, 3.05) is 31.5 Å². The molecular weight excluding hydrogens is 342 g/mol. The summed E-state index contributed by atoms with van der Waals surface area (Å²) in [6, 6.07) is 5.70. The van der Waals surface area contributed by atoms with Crippen LogP contribution in [-0.4, -0.2) is 63.8 Å². The van der Waals surface area contributed by atoms with Crippen LogP contribution in [0.15, 0.2) is 36.8 Å². The lowest BCUT2D eigenvalue weighted by Gasteiger charge is -2.37. The van der Waals surface area contributed by atoms with Crippen LogP contribution in [0.25, 0.3) is 0 Å². The zero-order chi connectivity index (χ0) is 19.4. The van der Waals surface area contributed by atoms with Gasteiger partial charge in [0.1, 0.15) is 5.69 Å². The lowest BCUT2D eigenvalue weighted by molar-refractivity contribution is -0.121. The third kappa shape index (κ3) is 4.31. The Balaban J connectivity index is 1.57. The lowest BCUT2D eigenvalue weighted by Crippen LogP contribution is -2.54. The van der Waals surface area contributed by atoms with E-state index < -0.39 is 0 Å². The van der Waals surface area contributed by atoms with Crippen molar-refractivity contribution in [1.29, 1.82) is 0 Å². The molecule has 1 saturated heterocycles. The Morgan fingerprint density at radius 1 is 1.07 bits per heavy atom. The molecule has 1 aliphatic heterocycles. The highest BCUT2D eigenvalue weighted by molar-refractivity contribution is 5.96. The van der Waals surface area contributed by atoms with Crippen molar-refractivity contribution in [2.24, 2.45) is 0 Å². The Kier molecular flexibility index (Phi) is 5.81. The van der Waals surface area contributed by atoms with Crippen LogP contribution >= 0.6 is 0 Å². The number of anilines is 1. The van der Waals surface area contributed by atoms with E-state index >= 15 is 0 Å². The monoisotopic (exact) mass is 367 g/mol. The number of aryl methyl sites for hydroxylation is 2. The third-order valence-corrected chi connectivity index (χ3v) is 5.04. The quantitative estimate of drug-likeness (QED) is 0.893. The number of nitrogens with one attached hydrogen (secondary N) is 1. The number of piperazine rings is 1. The number of hydrogen-bond donors (Lipinski definition) is 1. The van der Waals surface area contributed by atoms with E-state index in [0.717, 1.165) is 16.8 Å². The first kappa shape index (κ1) is 19.0. The van der Waals surface area contributed by atoms with Crippen LogP contribution in [0.2, 0.25) is 0 Å². The topological polar surface area (TPSA) is 78.4 Å². The van der Waals surface area contributed by atoms with Gasteiger partial charge in [0, 0.05) is 44.3 Å². The van der Waals surface area contributed by atoms with Crippen molar-refractivity contribution in [3.63, 3.8) is 0 Å².